The fourth-order valence-electron chi connectivity index (χ4n) is 0.457. The zero-order valence-electron chi connectivity index (χ0n) is 5.08. The first kappa shape index (κ1) is 9.71. The van der Waals surface area contributed by atoms with E-state index in [1.807, 2.05) is 0 Å². The Morgan fingerprint density at radius 1 is 1.60 bits per heavy atom. The number of aliphatic hydroxyl groups is 1. The molecule has 0 aromatic carbocycles. The van der Waals surface area contributed by atoms with E-state index in [4.69, 9.17) is 5.11 Å². The van der Waals surface area contributed by atoms with Crippen LogP contribution < -0.4 is 0 Å². The Bertz CT molecular complexity index is 170. The average molecular weight is 321 g/mol. The predicted octanol–water partition coefficient (Wildman–Crippen LogP) is -0.796. The van der Waals surface area contributed by atoms with Gasteiger partial charge in [0.25, 0.3) is 0 Å². The first-order chi connectivity index (χ1) is 4.43. The van der Waals surface area contributed by atoms with Crippen LogP contribution >= 0.6 is 0 Å². The van der Waals surface area contributed by atoms with Crippen LogP contribution in [0.15, 0.2) is 6.33 Å². The van der Waals surface area contributed by atoms with Gasteiger partial charge in [-0.2, -0.15) is 0 Å². The Balaban J connectivity index is 0.000000810. The van der Waals surface area contributed by atoms with Crippen molar-refractivity contribution in [2.75, 3.05) is 6.61 Å². The van der Waals surface area contributed by atoms with Gasteiger partial charge in [-0.25, -0.2) is 0 Å². The van der Waals surface area contributed by atoms with E-state index in [9.17, 15) is 0 Å². The zero-order valence-corrected chi connectivity index (χ0v) is 7.25. The van der Waals surface area contributed by atoms with Gasteiger partial charge in [-0.1, -0.05) is 0 Å². The maximum Gasteiger partial charge on any atom is 1.00 e. The Kier molecular flexibility index (Phi) is 5.33. The minimum Gasteiger partial charge on any atom is -0.397 e. The number of aliphatic hydroxyl groups excluding tert-OH is 1. The van der Waals surface area contributed by atoms with Crippen molar-refractivity contribution in [1.82, 2.24) is 15.0 Å². The van der Waals surface area contributed by atoms with Gasteiger partial charge < -0.3 is 20.1 Å². The quantitative estimate of drug-likeness (QED) is 0.573. The van der Waals surface area contributed by atoms with Crippen molar-refractivity contribution in [3.8, 4) is 0 Å². The van der Waals surface area contributed by atoms with Crippen molar-refractivity contribution >= 4 is 0 Å². The molecular weight excluding hydrogens is 315 g/mol. The van der Waals surface area contributed by atoms with Crippen molar-refractivity contribution in [3.63, 3.8) is 0 Å². The van der Waals surface area contributed by atoms with E-state index in [1.165, 1.54) is 6.33 Å². The molecular formula is C5H6AuN3O. The summed E-state index contributed by atoms with van der Waals surface area (Å²) < 4.78 is 0. The third-order valence-corrected chi connectivity index (χ3v) is 0.837. The molecule has 0 saturated carbocycles. The van der Waals surface area contributed by atoms with Gasteiger partial charge in [0.1, 0.15) is 0 Å². The maximum absolute atomic E-state index is 8.41. The van der Waals surface area contributed by atoms with Crippen LogP contribution in [-0.4, -0.2) is 26.7 Å². The van der Waals surface area contributed by atoms with E-state index < -0.39 is 0 Å². The van der Waals surface area contributed by atoms with Gasteiger partial charge in [-0.05, 0) is 6.42 Å². The van der Waals surface area contributed by atoms with Crippen molar-refractivity contribution in [2.45, 2.75) is 6.42 Å². The molecule has 1 rings (SSSR count). The van der Waals surface area contributed by atoms with Crippen LogP contribution in [0.25, 0.3) is 0 Å². The molecule has 0 atom stereocenters. The van der Waals surface area contributed by atoms with Crippen molar-refractivity contribution in [1.29, 1.82) is 0 Å². The van der Waals surface area contributed by atoms with Crippen molar-refractivity contribution < 1.29 is 27.5 Å². The second kappa shape index (κ2) is 5.49. The summed E-state index contributed by atoms with van der Waals surface area (Å²) in [6.07, 6.45) is 4.20. The first-order valence-corrected chi connectivity index (χ1v) is 2.58. The Labute approximate surface area is 74.2 Å². The summed E-state index contributed by atoms with van der Waals surface area (Å²) in [5.74, 6) is 0.576. The van der Waals surface area contributed by atoms with Gasteiger partial charge in [0.15, 0.2) is 0 Å². The smallest absolute Gasteiger partial charge is 0.397 e. The monoisotopic (exact) mass is 321 g/mol. The summed E-state index contributed by atoms with van der Waals surface area (Å²) in [6, 6.07) is 0. The van der Waals surface area contributed by atoms with Gasteiger partial charge in [0, 0.05) is 25.1 Å². The summed E-state index contributed by atoms with van der Waals surface area (Å²) in [7, 11) is 0. The molecule has 5 heteroatoms. The Hall–Kier alpha value is -0.290. The average Bonchev–Trinajstić information content (AvgIpc) is 1.91. The minimum absolute atomic E-state index is 0. The van der Waals surface area contributed by atoms with E-state index in [-0.39, 0.29) is 29.0 Å². The molecule has 0 saturated heterocycles. The van der Waals surface area contributed by atoms with E-state index in [0.717, 1.165) is 0 Å². The van der Waals surface area contributed by atoms with Crippen LogP contribution in [0.3, 0.4) is 0 Å². The SMILES string of the molecule is OCCc1n[c-]ncn1.[Au+]. The van der Waals surface area contributed by atoms with Crippen LogP contribution in [0.2, 0.25) is 0 Å². The molecule has 10 heavy (non-hydrogen) atoms. The van der Waals surface area contributed by atoms with E-state index in [0.29, 0.717) is 12.2 Å². The van der Waals surface area contributed by atoms with Gasteiger partial charge in [0.2, 0.25) is 0 Å². The van der Waals surface area contributed by atoms with Crippen LogP contribution in [0.5, 0.6) is 0 Å². The first-order valence-electron chi connectivity index (χ1n) is 2.58. The molecule has 0 unspecified atom stereocenters. The molecule has 1 heterocycles. The topological polar surface area (TPSA) is 58.9 Å². The normalized spacial score (nSPS) is 8.50. The molecule has 0 aliphatic heterocycles. The van der Waals surface area contributed by atoms with Gasteiger partial charge in [-0.3, -0.25) is 0 Å². The van der Waals surface area contributed by atoms with E-state index >= 15 is 0 Å². The predicted molar refractivity (Wildman–Crippen MR) is 29.5 cm³/mol. The van der Waals surface area contributed by atoms with Gasteiger partial charge in [0.05, 0.1) is 0 Å². The Morgan fingerprint density at radius 2 is 2.40 bits per heavy atom. The van der Waals surface area contributed by atoms with Crippen molar-refractivity contribution in [2.24, 2.45) is 0 Å². The molecule has 1 N–H and O–H groups in total. The van der Waals surface area contributed by atoms with E-state index in [2.05, 4.69) is 21.3 Å². The third kappa shape index (κ3) is 3.03. The number of hydrogen-bond donors (Lipinski definition) is 1. The summed E-state index contributed by atoms with van der Waals surface area (Å²) >= 11 is 0. The largest absolute Gasteiger partial charge is 1.00 e. The van der Waals surface area contributed by atoms with Gasteiger partial charge in [-0.15, -0.1) is 0 Å². The molecule has 0 aliphatic carbocycles. The molecule has 1 aromatic rings. The minimum atomic E-state index is 0. The molecule has 0 fully saturated rings. The number of aromatic nitrogens is 3. The fraction of sp³-hybridized carbons (Fsp3) is 0.400. The molecule has 0 bridgehead atoms. The van der Waals surface area contributed by atoms with Crippen LogP contribution in [0, 0.1) is 6.33 Å². The summed E-state index contributed by atoms with van der Waals surface area (Å²) in [5.41, 5.74) is 0. The molecule has 58 valence electrons. The molecule has 0 aliphatic rings. The molecule has 4 nitrogen and oxygen atoms in total. The fourth-order valence-corrected chi connectivity index (χ4v) is 0.457. The van der Waals surface area contributed by atoms with E-state index in [1.54, 1.807) is 0 Å². The second-order valence-corrected chi connectivity index (χ2v) is 1.48. The molecule has 0 spiro atoms. The van der Waals surface area contributed by atoms with Gasteiger partial charge >= 0.3 is 22.4 Å². The maximum atomic E-state index is 8.41. The zero-order chi connectivity index (χ0) is 6.53. The summed E-state index contributed by atoms with van der Waals surface area (Å²) in [6.45, 7) is 0.0673. The third-order valence-electron chi connectivity index (χ3n) is 0.837. The number of hydrogen-bond acceptors (Lipinski definition) is 4. The Morgan fingerprint density at radius 3 is 2.90 bits per heavy atom. The van der Waals surface area contributed by atoms with Crippen LogP contribution in [-0.2, 0) is 28.8 Å². The second-order valence-electron chi connectivity index (χ2n) is 1.48. The molecule has 1 aromatic heterocycles. The van der Waals surface area contributed by atoms with Crippen LogP contribution in [0.1, 0.15) is 5.82 Å². The number of nitrogens with zero attached hydrogens (tertiary/aromatic N) is 3. The standard InChI is InChI=1S/C5H6N3O.Au/c9-2-1-5-7-3-6-4-8-5;/h3,9H,1-2H2;/q-1;+1. The molecule has 0 amide bonds. The molecule has 0 radical (unpaired) electrons. The summed E-state index contributed by atoms with van der Waals surface area (Å²) in [4.78, 5) is 10.9. The van der Waals surface area contributed by atoms with Crippen LogP contribution in [0.4, 0.5) is 0 Å². The summed E-state index contributed by atoms with van der Waals surface area (Å²) in [5, 5.41) is 8.41. The number of rotatable bonds is 2. The van der Waals surface area contributed by atoms with Crippen molar-refractivity contribution in [3.05, 3.63) is 18.5 Å².